The van der Waals surface area contributed by atoms with Crippen LogP contribution < -0.4 is 9.47 Å². The first-order valence-electron chi connectivity index (χ1n) is 9.49. The predicted octanol–water partition coefficient (Wildman–Crippen LogP) is 3.45. The fourth-order valence-electron chi connectivity index (χ4n) is 3.69. The summed E-state index contributed by atoms with van der Waals surface area (Å²) in [6.45, 7) is 3.19. The Morgan fingerprint density at radius 2 is 2.07 bits per heavy atom. The molecule has 1 aliphatic rings. The molecule has 2 aromatic heterocycles. The zero-order chi connectivity index (χ0) is 20.5. The lowest BCUT2D eigenvalue weighted by atomic mass is 10.0. The van der Waals surface area contributed by atoms with E-state index in [0.29, 0.717) is 30.5 Å². The van der Waals surface area contributed by atoms with Crippen molar-refractivity contribution in [3.05, 3.63) is 47.4 Å². The van der Waals surface area contributed by atoms with E-state index in [1.54, 1.807) is 19.5 Å². The van der Waals surface area contributed by atoms with E-state index in [-0.39, 0.29) is 17.9 Å². The molecule has 7 nitrogen and oxygen atoms in total. The number of methoxy groups -OCH3 is 1. The average molecular weight is 415 g/mol. The summed E-state index contributed by atoms with van der Waals surface area (Å²) in [7, 11) is 3.52. The van der Waals surface area contributed by atoms with Gasteiger partial charge in [-0.3, -0.25) is 4.79 Å². The van der Waals surface area contributed by atoms with Crippen molar-refractivity contribution in [2.75, 3.05) is 13.7 Å². The number of carbonyl (C=O) groups is 1. The quantitative estimate of drug-likeness (QED) is 0.578. The molecule has 1 fully saturated rings. The van der Waals surface area contributed by atoms with Gasteiger partial charge in [-0.2, -0.15) is 4.98 Å². The average Bonchev–Trinajstić information content (AvgIpc) is 3.25. The summed E-state index contributed by atoms with van der Waals surface area (Å²) >= 11 is 6.12. The number of hydrogen-bond acceptors (Lipinski definition) is 5. The Bertz CT molecular complexity index is 1030. The van der Waals surface area contributed by atoms with Gasteiger partial charge in [-0.1, -0.05) is 23.7 Å². The minimum absolute atomic E-state index is 0.0739. The van der Waals surface area contributed by atoms with Crippen LogP contribution in [-0.2, 0) is 18.4 Å². The maximum absolute atomic E-state index is 12.5. The molecule has 1 aromatic carbocycles. The molecule has 0 N–H and O–H groups in total. The maximum Gasteiger partial charge on any atom is 0.241 e. The van der Waals surface area contributed by atoms with Gasteiger partial charge >= 0.3 is 0 Å². The summed E-state index contributed by atoms with van der Waals surface area (Å²) < 4.78 is 13.2. The number of pyridine rings is 1. The molecule has 3 heterocycles. The van der Waals surface area contributed by atoms with Gasteiger partial charge in [0.25, 0.3) is 0 Å². The van der Waals surface area contributed by atoms with Gasteiger partial charge in [0.1, 0.15) is 22.5 Å². The van der Waals surface area contributed by atoms with Crippen LogP contribution in [0.1, 0.15) is 18.9 Å². The molecule has 0 radical (unpaired) electrons. The lowest BCUT2D eigenvalue weighted by Crippen LogP contribution is -2.28. The molecule has 1 aliphatic heterocycles. The summed E-state index contributed by atoms with van der Waals surface area (Å²) in [6.07, 6.45) is 1.96. The van der Waals surface area contributed by atoms with Crippen LogP contribution in [0, 0.1) is 5.92 Å². The minimum atomic E-state index is -0.191. The first-order chi connectivity index (χ1) is 13.9. The fourth-order valence-corrected chi connectivity index (χ4v) is 3.87. The molecule has 4 rings (SSSR count). The highest BCUT2D eigenvalue weighted by molar-refractivity contribution is 6.30. The molecular formula is C21H23ClN4O3. The number of likely N-dealkylation sites (tertiary alicyclic amines) is 1. The van der Waals surface area contributed by atoms with Crippen molar-refractivity contribution in [3.63, 3.8) is 0 Å². The third-order valence-corrected chi connectivity index (χ3v) is 5.56. The number of ether oxygens (including phenoxy) is 2. The summed E-state index contributed by atoms with van der Waals surface area (Å²) in [5.74, 6) is 1.45. The highest BCUT2D eigenvalue weighted by atomic mass is 35.5. The Morgan fingerprint density at radius 3 is 2.79 bits per heavy atom. The zero-order valence-electron chi connectivity index (χ0n) is 16.6. The molecule has 8 heteroatoms. The first kappa shape index (κ1) is 19.5. The molecular weight excluding hydrogens is 392 g/mol. The number of halogens is 1. The molecule has 0 saturated carbocycles. The van der Waals surface area contributed by atoms with Crippen LogP contribution in [0.4, 0.5) is 0 Å². The minimum Gasteiger partial charge on any atom is -0.497 e. The lowest BCUT2D eigenvalue weighted by molar-refractivity contribution is -0.128. The van der Waals surface area contributed by atoms with Crippen molar-refractivity contribution in [2.24, 2.45) is 13.0 Å². The molecule has 1 amide bonds. The van der Waals surface area contributed by atoms with Crippen molar-refractivity contribution < 1.29 is 14.3 Å². The van der Waals surface area contributed by atoms with Gasteiger partial charge in [0.05, 0.1) is 19.0 Å². The van der Waals surface area contributed by atoms with Gasteiger partial charge in [-0.05, 0) is 24.6 Å². The number of rotatable bonds is 6. The SMILES string of the molecule is COc1ccc(CN2CC(C(C)Oc3nc(Cl)cc4ncn(C)c34)CC2=O)cc1. The molecule has 3 aromatic rings. The van der Waals surface area contributed by atoms with Crippen molar-refractivity contribution in [3.8, 4) is 11.6 Å². The van der Waals surface area contributed by atoms with E-state index >= 15 is 0 Å². The summed E-state index contributed by atoms with van der Waals surface area (Å²) in [6, 6.07) is 9.49. The Hall–Kier alpha value is -2.80. The standard InChI is InChI=1S/C21H23ClN4O3/c1-13(29-21-20-17(9-18(22)24-21)23-12-25(20)2)15-8-19(27)26(11-15)10-14-4-6-16(28-3)7-5-14/h4-7,9,12-13,15H,8,10-11H2,1-3H3. The van der Waals surface area contributed by atoms with Gasteiger partial charge in [0.15, 0.2) is 0 Å². The van der Waals surface area contributed by atoms with Crippen LogP contribution >= 0.6 is 11.6 Å². The lowest BCUT2D eigenvalue weighted by Gasteiger charge is -2.22. The number of nitrogens with zero attached hydrogens (tertiary/aromatic N) is 4. The van der Waals surface area contributed by atoms with Gasteiger partial charge in [0, 0.05) is 38.5 Å². The number of aryl methyl sites for hydroxylation is 1. The van der Waals surface area contributed by atoms with E-state index in [1.165, 1.54) is 0 Å². The number of fused-ring (bicyclic) bond motifs is 1. The second-order valence-corrected chi connectivity index (χ2v) is 7.77. The topological polar surface area (TPSA) is 69.5 Å². The molecule has 1 saturated heterocycles. The van der Waals surface area contributed by atoms with Crippen molar-refractivity contribution >= 4 is 28.5 Å². The number of hydrogen-bond donors (Lipinski definition) is 0. The van der Waals surface area contributed by atoms with Crippen LogP contribution in [-0.4, -0.2) is 45.1 Å². The molecule has 0 bridgehead atoms. The Labute approximate surface area is 174 Å². The summed E-state index contributed by atoms with van der Waals surface area (Å²) in [4.78, 5) is 23.1. The number of aromatic nitrogens is 3. The fraction of sp³-hybridized carbons (Fsp3) is 0.381. The maximum atomic E-state index is 12.5. The highest BCUT2D eigenvalue weighted by Gasteiger charge is 2.34. The van der Waals surface area contributed by atoms with E-state index in [4.69, 9.17) is 21.1 Å². The molecule has 0 aliphatic carbocycles. The predicted molar refractivity (Wildman–Crippen MR) is 110 cm³/mol. The smallest absolute Gasteiger partial charge is 0.241 e. The van der Waals surface area contributed by atoms with E-state index in [1.807, 2.05) is 47.7 Å². The van der Waals surface area contributed by atoms with Crippen LogP contribution in [0.25, 0.3) is 11.0 Å². The monoisotopic (exact) mass is 414 g/mol. The number of carbonyl (C=O) groups excluding carboxylic acids is 1. The van der Waals surface area contributed by atoms with Crippen LogP contribution in [0.15, 0.2) is 36.7 Å². The third-order valence-electron chi connectivity index (χ3n) is 5.37. The van der Waals surface area contributed by atoms with Crippen LogP contribution in [0.3, 0.4) is 0 Å². The second-order valence-electron chi connectivity index (χ2n) is 7.38. The van der Waals surface area contributed by atoms with Gasteiger partial charge in [0.2, 0.25) is 11.8 Å². The summed E-state index contributed by atoms with van der Waals surface area (Å²) in [5.41, 5.74) is 2.60. The third kappa shape index (κ3) is 4.00. The number of amides is 1. The van der Waals surface area contributed by atoms with Gasteiger partial charge in [-0.25, -0.2) is 4.98 Å². The van der Waals surface area contributed by atoms with Crippen molar-refractivity contribution in [1.29, 1.82) is 0 Å². The molecule has 29 heavy (non-hydrogen) atoms. The Kier molecular flexibility index (Phi) is 5.32. The highest BCUT2D eigenvalue weighted by Crippen LogP contribution is 2.30. The first-order valence-corrected chi connectivity index (χ1v) is 9.87. The largest absolute Gasteiger partial charge is 0.497 e. The number of imidazole rings is 1. The van der Waals surface area contributed by atoms with E-state index < -0.39 is 0 Å². The van der Waals surface area contributed by atoms with E-state index in [2.05, 4.69) is 9.97 Å². The second kappa shape index (κ2) is 7.91. The molecule has 152 valence electrons. The normalized spacial score (nSPS) is 17.7. The zero-order valence-corrected chi connectivity index (χ0v) is 17.4. The molecule has 2 unspecified atom stereocenters. The number of benzene rings is 1. The van der Waals surface area contributed by atoms with Gasteiger partial charge in [-0.15, -0.1) is 0 Å². The summed E-state index contributed by atoms with van der Waals surface area (Å²) in [5, 5.41) is 0.335. The van der Waals surface area contributed by atoms with Crippen molar-refractivity contribution in [1.82, 2.24) is 19.4 Å². The van der Waals surface area contributed by atoms with Gasteiger partial charge < -0.3 is 18.9 Å². The van der Waals surface area contributed by atoms with Crippen LogP contribution in [0.5, 0.6) is 11.6 Å². The van der Waals surface area contributed by atoms with E-state index in [9.17, 15) is 4.79 Å². The van der Waals surface area contributed by atoms with E-state index in [0.717, 1.165) is 22.3 Å². The molecule has 2 atom stereocenters. The Balaban J connectivity index is 1.45. The molecule has 0 spiro atoms. The van der Waals surface area contributed by atoms with Crippen molar-refractivity contribution in [2.45, 2.75) is 26.0 Å². The Morgan fingerprint density at radius 1 is 1.31 bits per heavy atom. The van der Waals surface area contributed by atoms with Crippen LogP contribution in [0.2, 0.25) is 5.15 Å².